The van der Waals surface area contributed by atoms with E-state index >= 15 is 0 Å². The van der Waals surface area contributed by atoms with Crippen molar-refractivity contribution in [3.63, 3.8) is 0 Å². The van der Waals surface area contributed by atoms with Crippen molar-refractivity contribution in [3.05, 3.63) is 67.5 Å². The molecule has 0 spiro atoms. The van der Waals surface area contributed by atoms with Gasteiger partial charge in [0.2, 0.25) is 5.95 Å². The second kappa shape index (κ2) is 8.19. The van der Waals surface area contributed by atoms with Gasteiger partial charge >= 0.3 is 5.97 Å². The lowest BCUT2D eigenvalue weighted by molar-refractivity contribution is 0.0501. The highest BCUT2D eigenvalue weighted by Gasteiger charge is 2.17. The number of aromatic amines is 1. The van der Waals surface area contributed by atoms with Crippen LogP contribution in [0.3, 0.4) is 0 Å². The molecule has 0 atom stereocenters. The quantitative estimate of drug-likeness (QED) is 0.422. The molecule has 7 heteroatoms. The van der Waals surface area contributed by atoms with Gasteiger partial charge in [0.05, 0.1) is 23.1 Å². The Balaban J connectivity index is 1.62. The van der Waals surface area contributed by atoms with Crippen LogP contribution < -0.4 is 10.5 Å². The first-order chi connectivity index (χ1) is 13.6. The van der Waals surface area contributed by atoms with E-state index in [-0.39, 0.29) is 11.5 Å². The third-order valence-corrected chi connectivity index (χ3v) is 5.39. The van der Waals surface area contributed by atoms with Gasteiger partial charge in [0, 0.05) is 22.2 Å². The molecule has 0 aliphatic carbocycles. The van der Waals surface area contributed by atoms with Crippen LogP contribution in [0.15, 0.2) is 35.1 Å². The molecular weight excluding hydrogens is 469 g/mol. The summed E-state index contributed by atoms with van der Waals surface area (Å²) in [6.45, 7) is 1.65. The summed E-state index contributed by atoms with van der Waals surface area (Å²) in [7, 11) is 0. The number of cyclic esters (lactones) is 1. The summed E-state index contributed by atoms with van der Waals surface area (Å²) in [6, 6.07) is 15.0. The molecule has 6 nitrogen and oxygen atoms in total. The molecule has 3 aromatic rings. The lowest BCUT2D eigenvalue weighted by Crippen LogP contribution is -2.30. The zero-order chi connectivity index (χ0) is 19.5. The maximum absolute atomic E-state index is 12.5. The van der Waals surface area contributed by atoms with Crippen LogP contribution in [0, 0.1) is 15.7 Å². The van der Waals surface area contributed by atoms with E-state index in [4.69, 9.17) is 4.74 Å². The second-order valence-corrected chi connectivity index (χ2v) is 7.87. The van der Waals surface area contributed by atoms with Crippen LogP contribution in [0.5, 0.6) is 0 Å². The molecule has 0 amide bonds. The fraction of sp³-hybridized carbons (Fsp3) is 0.286. The predicted molar refractivity (Wildman–Crippen MR) is 115 cm³/mol. The van der Waals surface area contributed by atoms with Crippen molar-refractivity contribution in [2.45, 2.75) is 19.3 Å². The number of esters is 1. The molecule has 1 aromatic heterocycles. The smallest absolute Gasteiger partial charge is 0.339 e. The van der Waals surface area contributed by atoms with E-state index < -0.39 is 0 Å². The highest BCUT2D eigenvalue weighted by Crippen LogP contribution is 2.17. The van der Waals surface area contributed by atoms with Crippen molar-refractivity contribution >= 4 is 45.4 Å². The molecule has 1 N–H and O–H groups in total. The minimum atomic E-state index is -0.319. The third kappa shape index (κ3) is 3.97. The highest BCUT2D eigenvalue weighted by atomic mass is 127. The molecule has 4 rings (SSSR count). The van der Waals surface area contributed by atoms with Crippen LogP contribution >= 0.6 is 22.6 Å². The van der Waals surface area contributed by atoms with Crippen molar-refractivity contribution in [1.82, 2.24) is 9.97 Å². The van der Waals surface area contributed by atoms with Gasteiger partial charge in [-0.15, -0.1) is 0 Å². The number of rotatable bonds is 1. The summed E-state index contributed by atoms with van der Waals surface area (Å²) in [4.78, 5) is 34.4. The number of carbonyl (C=O) groups excluding carboxylic acids is 1. The number of fused-ring (bicyclic) bond motifs is 2. The van der Waals surface area contributed by atoms with Crippen LogP contribution in [0.1, 0.15) is 28.8 Å². The number of ether oxygens (including phenoxy) is 1. The van der Waals surface area contributed by atoms with Gasteiger partial charge in [-0.1, -0.05) is 12.1 Å². The standard InChI is InChI=1S/C21H18IN3O3/c22-15-8-9-18-17(13-15)19(26)24-21(23-18)25-10-3-6-14-5-1-2-7-16(14)20(27)28-12-4-11-25/h2,7-9,13H,3-4,6,10-12H2,(H,23,24,26). The Labute approximate surface area is 176 Å². The summed E-state index contributed by atoms with van der Waals surface area (Å²) in [5, 5.41) is 0.585. The van der Waals surface area contributed by atoms with Crippen LogP contribution in [-0.2, 0) is 11.2 Å². The van der Waals surface area contributed by atoms with E-state index in [0.29, 0.717) is 55.0 Å². The summed E-state index contributed by atoms with van der Waals surface area (Å²) in [6.07, 6.45) is 2.12. The Morgan fingerprint density at radius 2 is 2.04 bits per heavy atom. The molecule has 0 bridgehead atoms. The number of H-pyrrole nitrogens is 1. The summed E-state index contributed by atoms with van der Waals surface area (Å²) in [5.41, 5.74) is 1.89. The molecule has 1 aliphatic heterocycles. The van der Waals surface area contributed by atoms with Crippen LogP contribution in [0.25, 0.3) is 10.9 Å². The van der Waals surface area contributed by atoms with Gasteiger partial charge in [-0.2, -0.15) is 0 Å². The van der Waals surface area contributed by atoms with E-state index in [1.165, 1.54) is 0 Å². The van der Waals surface area contributed by atoms with E-state index in [1.54, 1.807) is 12.1 Å². The zero-order valence-electron chi connectivity index (χ0n) is 15.1. The average molecular weight is 487 g/mol. The number of hydrogen-bond donors (Lipinski definition) is 1. The topological polar surface area (TPSA) is 75.3 Å². The molecule has 0 unspecified atom stereocenters. The van der Waals surface area contributed by atoms with E-state index in [0.717, 1.165) is 15.6 Å². The largest absolute Gasteiger partial charge is 0.462 e. The minimum absolute atomic E-state index is 0.146. The molecule has 142 valence electrons. The lowest BCUT2D eigenvalue weighted by Gasteiger charge is -2.23. The van der Waals surface area contributed by atoms with Gasteiger partial charge in [-0.3, -0.25) is 9.78 Å². The number of anilines is 1. The Bertz CT molecular complexity index is 1080. The molecule has 2 heterocycles. The van der Waals surface area contributed by atoms with Crippen LogP contribution in [0.2, 0.25) is 0 Å². The first kappa shape index (κ1) is 18.7. The molecule has 28 heavy (non-hydrogen) atoms. The van der Waals surface area contributed by atoms with E-state index in [9.17, 15) is 9.59 Å². The highest BCUT2D eigenvalue weighted by molar-refractivity contribution is 14.1. The van der Waals surface area contributed by atoms with Gasteiger partial charge < -0.3 is 9.64 Å². The number of nitrogens with zero attached hydrogens (tertiary/aromatic N) is 2. The Hall–Kier alpha value is -2.60. The monoisotopic (exact) mass is 487 g/mol. The lowest BCUT2D eigenvalue weighted by atomic mass is 10.0. The number of aromatic nitrogens is 2. The maximum atomic E-state index is 12.5. The normalized spacial score (nSPS) is 15.3. The van der Waals surface area contributed by atoms with Gasteiger partial charge in [-0.05, 0) is 72.2 Å². The number of hydrogen-bond acceptors (Lipinski definition) is 5. The van der Waals surface area contributed by atoms with Gasteiger partial charge in [0.25, 0.3) is 5.56 Å². The maximum Gasteiger partial charge on any atom is 0.339 e. The van der Waals surface area contributed by atoms with Crippen LogP contribution in [-0.4, -0.2) is 35.6 Å². The Morgan fingerprint density at radius 1 is 1.18 bits per heavy atom. The van der Waals surface area contributed by atoms with Gasteiger partial charge in [0.15, 0.2) is 0 Å². The second-order valence-electron chi connectivity index (χ2n) is 6.63. The summed E-state index contributed by atoms with van der Waals surface area (Å²) >= 11 is 2.18. The minimum Gasteiger partial charge on any atom is -0.462 e. The van der Waals surface area contributed by atoms with Crippen molar-refractivity contribution in [3.8, 4) is 0 Å². The van der Waals surface area contributed by atoms with E-state index in [2.05, 4.69) is 44.7 Å². The molecule has 0 fully saturated rings. The number of carbonyl (C=O) groups is 1. The molecule has 2 aromatic carbocycles. The fourth-order valence-corrected chi connectivity index (χ4v) is 3.82. The summed E-state index contributed by atoms with van der Waals surface area (Å²) < 4.78 is 6.39. The van der Waals surface area contributed by atoms with Gasteiger partial charge in [-0.25, -0.2) is 9.78 Å². The number of nitrogens with one attached hydrogen (secondary N) is 1. The third-order valence-electron chi connectivity index (χ3n) is 4.72. The zero-order valence-corrected chi connectivity index (χ0v) is 17.3. The average Bonchev–Trinajstić information content (AvgIpc) is 2.73. The predicted octanol–water partition coefficient (Wildman–Crippen LogP) is 3.13. The first-order valence-corrected chi connectivity index (χ1v) is 10.2. The van der Waals surface area contributed by atoms with Crippen molar-refractivity contribution in [2.75, 3.05) is 24.6 Å². The fourth-order valence-electron chi connectivity index (χ4n) is 3.33. The molecular formula is C21H18IN3O3. The Kier molecular flexibility index (Phi) is 5.48. The van der Waals surface area contributed by atoms with Crippen molar-refractivity contribution < 1.29 is 9.53 Å². The van der Waals surface area contributed by atoms with Gasteiger partial charge in [0.1, 0.15) is 0 Å². The van der Waals surface area contributed by atoms with E-state index in [1.807, 2.05) is 23.1 Å². The molecule has 1 aliphatic rings. The van der Waals surface area contributed by atoms with Crippen molar-refractivity contribution in [2.24, 2.45) is 0 Å². The molecule has 0 saturated heterocycles. The van der Waals surface area contributed by atoms with Crippen molar-refractivity contribution in [1.29, 1.82) is 0 Å². The summed E-state index contributed by atoms with van der Waals surface area (Å²) in [5.74, 6) is 0.230. The molecule has 0 saturated carbocycles. The van der Waals surface area contributed by atoms with Crippen LogP contribution in [0.4, 0.5) is 5.95 Å². The number of halogens is 1. The first-order valence-electron chi connectivity index (χ1n) is 9.15. The Morgan fingerprint density at radius 3 is 2.93 bits per heavy atom. The SMILES string of the molecule is O=C1OCCCN(c2nc3ccc(I)cc3c(=O)[nH]2)CCCc2c#cccc21. The molecule has 0 radical (unpaired) electrons. The number of benzene rings is 1.